The molecule has 3 rings (SSSR count). The number of fused-ring (bicyclic) bond motifs is 1. The van der Waals surface area contributed by atoms with Gasteiger partial charge in [-0.2, -0.15) is 0 Å². The first-order valence-electron chi connectivity index (χ1n) is 8.37. The number of furan rings is 1. The molecule has 0 spiro atoms. The Hall–Kier alpha value is -1.77. The number of nitrogens with zero attached hydrogens (tertiary/aromatic N) is 1. The molecule has 0 N–H and O–H groups in total. The highest BCUT2D eigenvalue weighted by Crippen LogP contribution is 2.27. The molecule has 1 fully saturated rings. The molecular formula is C19H25NO2. The Morgan fingerprint density at radius 2 is 2.05 bits per heavy atom. The smallest absolute Gasteiger partial charge is 0.227 e. The maximum absolute atomic E-state index is 12.7. The van der Waals surface area contributed by atoms with Crippen molar-refractivity contribution >= 4 is 16.9 Å². The van der Waals surface area contributed by atoms with Crippen LogP contribution in [-0.2, 0) is 11.2 Å². The largest absolute Gasteiger partial charge is 0.464 e. The van der Waals surface area contributed by atoms with Gasteiger partial charge in [-0.3, -0.25) is 4.79 Å². The molecule has 1 aromatic carbocycles. The topological polar surface area (TPSA) is 33.5 Å². The van der Waals surface area contributed by atoms with E-state index in [1.807, 2.05) is 0 Å². The number of amides is 1. The zero-order valence-electron chi connectivity index (χ0n) is 13.8. The van der Waals surface area contributed by atoms with Gasteiger partial charge in [0.1, 0.15) is 5.58 Å². The van der Waals surface area contributed by atoms with E-state index in [0.29, 0.717) is 12.5 Å². The van der Waals surface area contributed by atoms with Crippen LogP contribution in [0.2, 0.25) is 0 Å². The van der Waals surface area contributed by atoms with E-state index in [4.69, 9.17) is 4.42 Å². The Bertz CT molecular complexity index is 686. The van der Waals surface area contributed by atoms with Crippen molar-refractivity contribution in [1.82, 2.24) is 4.90 Å². The van der Waals surface area contributed by atoms with Crippen LogP contribution in [0.1, 0.15) is 49.3 Å². The summed E-state index contributed by atoms with van der Waals surface area (Å²) in [5, 5.41) is 1.08. The summed E-state index contributed by atoms with van der Waals surface area (Å²) in [6, 6.07) is 4.63. The Labute approximate surface area is 132 Å². The van der Waals surface area contributed by atoms with Crippen LogP contribution in [-0.4, -0.2) is 23.4 Å². The Kier molecular flexibility index (Phi) is 4.23. The molecule has 2 aromatic rings. The van der Waals surface area contributed by atoms with Crippen LogP contribution in [0.25, 0.3) is 11.0 Å². The number of likely N-dealkylation sites (tertiary alicyclic amines) is 1. The lowest BCUT2D eigenvalue weighted by molar-refractivity contribution is -0.134. The van der Waals surface area contributed by atoms with Crippen molar-refractivity contribution in [3.63, 3.8) is 0 Å². The van der Waals surface area contributed by atoms with Crippen LogP contribution in [0.4, 0.5) is 0 Å². The quantitative estimate of drug-likeness (QED) is 0.842. The predicted molar refractivity (Wildman–Crippen MR) is 89.0 cm³/mol. The number of piperidine rings is 1. The zero-order chi connectivity index (χ0) is 15.7. The summed E-state index contributed by atoms with van der Waals surface area (Å²) in [7, 11) is 0. The summed E-state index contributed by atoms with van der Waals surface area (Å²) in [5.41, 5.74) is 4.37. The van der Waals surface area contributed by atoms with Crippen LogP contribution >= 0.6 is 0 Å². The molecule has 118 valence electrons. The fourth-order valence-electron chi connectivity index (χ4n) is 3.49. The number of benzene rings is 1. The van der Waals surface area contributed by atoms with Gasteiger partial charge in [0.15, 0.2) is 0 Å². The highest BCUT2D eigenvalue weighted by molar-refractivity contribution is 5.88. The lowest BCUT2D eigenvalue weighted by Crippen LogP contribution is -2.44. The van der Waals surface area contributed by atoms with E-state index in [2.05, 4.69) is 37.8 Å². The number of hydrogen-bond donors (Lipinski definition) is 0. The first kappa shape index (κ1) is 15.1. The van der Waals surface area contributed by atoms with E-state index in [0.717, 1.165) is 42.3 Å². The van der Waals surface area contributed by atoms with Crippen molar-refractivity contribution in [2.75, 3.05) is 6.54 Å². The van der Waals surface area contributed by atoms with Gasteiger partial charge in [0.2, 0.25) is 5.91 Å². The van der Waals surface area contributed by atoms with Crippen LogP contribution in [0.15, 0.2) is 22.8 Å². The minimum Gasteiger partial charge on any atom is -0.464 e. The highest BCUT2D eigenvalue weighted by atomic mass is 16.3. The van der Waals surface area contributed by atoms with Gasteiger partial charge in [-0.1, -0.05) is 6.92 Å². The molecule has 1 aromatic heterocycles. The van der Waals surface area contributed by atoms with Gasteiger partial charge in [-0.05, 0) is 62.8 Å². The second-order valence-electron chi connectivity index (χ2n) is 6.52. The lowest BCUT2D eigenvalue weighted by atomic mass is 9.98. The van der Waals surface area contributed by atoms with E-state index < -0.39 is 0 Å². The van der Waals surface area contributed by atoms with E-state index in [9.17, 15) is 4.79 Å². The molecule has 1 aliphatic rings. The van der Waals surface area contributed by atoms with Gasteiger partial charge < -0.3 is 9.32 Å². The van der Waals surface area contributed by atoms with E-state index >= 15 is 0 Å². The molecule has 22 heavy (non-hydrogen) atoms. The lowest BCUT2D eigenvalue weighted by Gasteiger charge is -2.35. The number of carbonyl (C=O) groups is 1. The fourth-order valence-corrected chi connectivity index (χ4v) is 3.49. The average molecular weight is 299 g/mol. The highest BCUT2D eigenvalue weighted by Gasteiger charge is 2.26. The Balaban J connectivity index is 1.83. The first-order chi connectivity index (χ1) is 10.6. The maximum atomic E-state index is 12.7. The molecule has 0 radical (unpaired) electrons. The SMILES string of the molecule is CCC1CCCCN1C(=O)Cc1coc2cc(C)c(C)cc12. The van der Waals surface area contributed by atoms with Crippen molar-refractivity contribution in [3.8, 4) is 0 Å². The molecular weight excluding hydrogens is 274 g/mol. The van der Waals surface area contributed by atoms with Gasteiger partial charge >= 0.3 is 0 Å². The van der Waals surface area contributed by atoms with Crippen molar-refractivity contribution in [1.29, 1.82) is 0 Å². The third-order valence-corrected chi connectivity index (χ3v) is 5.03. The predicted octanol–water partition coefficient (Wildman–Crippen LogP) is 4.38. The maximum Gasteiger partial charge on any atom is 0.227 e. The van der Waals surface area contributed by atoms with Crippen molar-refractivity contribution in [2.24, 2.45) is 0 Å². The molecule has 1 amide bonds. The van der Waals surface area contributed by atoms with E-state index in [-0.39, 0.29) is 5.91 Å². The second kappa shape index (κ2) is 6.15. The summed E-state index contributed by atoms with van der Waals surface area (Å²) in [6.07, 6.45) is 6.78. The summed E-state index contributed by atoms with van der Waals surface area (Å²) in [4.78, 5) is 14.8. The average Bonchev–Trinajstić information content (AvgIpc) is 2.89. The van der Waals surface area contributed by atoms with Crippen molar-refractivity contribution < 1.29 is 9.21 Å². The van der Waals surface area contributed by atoms with E-state index in [1.54, 1.807) is 6.26 Å². The molecule has 1 aliphatic heterocycles. The summed E-state index contributed by atoms with van der Waals surface area (Å²) in [6.45, 7) is 7.27. The van der Waals surface area contributed by atoms with Gasteiger partial charge in [0.05, 0.1) is 12.7 Å². The summed E-state index contributed by atoms with van der Waals surface area (Å²) in [5.74, 6) is 0.243. The second-order valence-corrected chi connectivity index (χ2v) is 6.52. The van der Waals surface area contributed by atoms with Crippen LogP contribution in [0.5, 0.6) is 0 Å². The normalized spacial score (nSPS) is 18.9. The van der Waals surface area contributed by atoms with Gasteiger partial charge in [0.25, 0.3) is 0 Å². The van der Waals surface area contributed by atoms with Crippen molar-refractivity contribution in [2.45, 2.75) is 58.9 Å². The molecule has 0 aliphatic carbocycles. The monoisotopic (exact) mass is 299 g/mol. The van der Waals surface area contributed by atoms with Crippen molar-refractivity contribution in [3.05, 3.63) is 35.1 Å². The number of rotatable bonds is 3. The molecule has 0 bridgehead atoms. The molecule has 3 heteroatoms. The third-order valence-electron chi connectivity index (χ3n) is 5.03. The van der Waals surface area contributed by atoms with Crippen LogP contribution < -0.4 is 0 Å². The first-order valence-corrected chi connectivity index (χ1v) is 8.37. The number of carbonyl (C=O) groups excluding carboxylic acids is 1. The molecule has 0 saturated carbocycles. The zero-order valence-corrected chi connectivity index (χ0v) is 13.8. The molecule has 3 nitrogen and oxygen atoms in total. The van der Waals surface area contributed by atoms with Gasteiger partial charge in [-0.25, -0.2) is 0 Å². The molecule has 2 heterocycles. The third kappa shape index (κ3) is 2.77. The standard InChI is InChI=1S/C19H25NO2/c1-4-16-7-5-6-8-20(16)19(21)11-15-12-22-18-10-14(3)13(2)9-17(15)18/h9-10,12,16H,4-8,11H2,1-3H3. The number of aryl methyl sites for hydroxylation is 2. The Morgan fingerprint density at radius 3 is 2.82 bits per heavy atom. The van der Waals surface area contributed by atoms with Crippen LogP contribution in [0, 0.1) is 13.8 Å². The minimum absolute atomic E-state index is 0.243. The fraction of sp³-hybridized carbons (Fsp3) is 0.526. The van der Waals surface area contributed by atoms with E-state index in [1.165, 1.54) is 17.5 Å². The van der Waals surface area contributed by atoms with Crippen LogP contribution in [0.3, 0.4) is 0 Å². The molecule has 1 unspecified atom stereocenters. The minimum atomic E-state index is 0.243. The number of hydrogen-bond acceptors (Lipinski definition) is 2. The molecule has 1 saturated heterocycles. The van der Waals surface area contributed by atoms with Gasteiger partial charge in [-0.15, -0.1) is 0 Å². The Morgan fingerprint density at radius 1 is 1.27 bits per heavy atom. The summed E-state index contributed by atoms with van der Waals surface area (Å²) >= 11 is 0. The molecule has 1 atom stereocenters. The van der Waals surface area contributed by atoms with Gasteiger partial charge in [0, 0.05) is 23.5 Å². The summed E-state index contributed by atoms with van der Waals surface area (Å²) < 4.78 is 5.66.